The topological polar surface area (TPSA) is 86.0 Å². The van der Waals surface area contributed by atoms with Crippen LogP contribution in [0.1, 0.15) is 5.56 Å². The minimum atomic E-state index is -0.0740. The zero-order valence-corrected chi connectivity index (χ0v) is 11.5. The number of ether oxygens (including phenoxy) is 1. The van der Waals surface area contributed by atoms with Crippen molar-refractivity contribution in [2.45, 2.75) is 6.61 Å². The van der Waals surface area contributed by atoms with E-state index in [-0.39, 0.29) is 17.9 Å². The lowest BCUT2D eigenvalue weighted by molar-refractivity contribution is 0.281. The molecule has 1 aromatic carbocycles. The van der Waals surface area contributed by atoms with Gasteiger partial charge in [-0.2, -0.15) is 15.0 Å². The van der Waals surface area contributed by atoms with Gasteiger partial charge in [-0.1, -0.05) is 12.1 Å². The number of rotatable bonds is 4. The van der Waals surface area contributed by atoms with Gasteiger partial charge >= 0.3 is 6.01 Å². The molecule has 0 bridgehead atoms. The van der Waals surface area contributed by atoms with E-state index >= 15 is 0 Å². The third kappa shape index (κ3) is 3.15. The van der Waals surface area contributed by atoms with Crippen molar-refractivity contribution in [1.82, 2.24) is 24.5 Å². The molecule has 0 spiro atoms. The summed E-state index contributed by atoms with van der Waals surface area (Å²) in [6.45, 7) is -0.0740. The monoisotopic (exact) mass is 303 g/mol. The number of aliphatic hydroxyl groups is 1. The van der Waals surface area contributed by atoms with Crippen LogP contribution in [-0.4, -0.2) is 29.6 Å². The first-order chi connectivity index (χ1) is 10.2. The maximum absolute atomic E-state index is 9.11. The van der Waals surface area contributed by atoms with Crippen molar-refractivity contribution < 1.29 is 9.84 Å². The van der Waals surface area contributed by atoms with Crippen molar-refractivity contribution >= 4 is 11.6 Å². The Kier molecular flexibility index (Phi) is 3.76. The fraction of sp³-hybridized carbons (Fsp3) is 0.0769. The Morgan fingerprint density at radius 2 is 2.14 bits per heavy atom. The standard InChI is InChI=1S/C13H10ClN5O2/c14-11-16-12(19-5-4-15-8-19)18-13(17-11)21-10-3-1-2-9(6-10)7-20/h1-6,8,20H,7H2. The number of nitrogens with zero attached hydrogens (tertiary/aromatic N) is 5. The molecule has 2 aromatic heterocycles. The van der Waals surface area contributed by atoms with E-state index in [2.05, 4.69) is 19.9 Å². The highest BCUT2D eigenvalue weighted by atomic mass is 35.5. The number of aromatic nitrogens is 5. The van der Waals surface area contributed by atoms with Gasteiger partial charge in [0.25, 0.3) is 0 Å². The quantitative estimate of drug-likeness (QED) is 0.793. The normalized spacial score (nSPS) is 10.6. The van der Waals surface area contributed by atoms with Crippen LogP contribution in [-0.2, 0) is 6.61 Å². The Hall–Kier alpha value is -2.51. The molecule has 0 atom stereocenters. The van der Waals surface area contributed by atoms with E-state index in [0.717, 1.165) is 5.56 Å². The van der Waals surface area contributed by atoms with Crippen LogP contribution in [0.3, 0.4) is 0 Å². The highest BCUT2D eigenvalue weighted by Crippen LogP contribution is 2.20. The van der Waals surface area contributed by atoms with Gasteiger partial charge in [0.05, 0.1) is 6.61 Å². The summed E-state index contributed by atoms with van der Waals surface area (Å²) in [5, 5.41) is 9.13. The summed E-state index contributed by atoms with van der Waals surface area (Å²) in [6.07, 6.45) is 4.83. The van der Waals surface area contributed by atoms with Gasteiger partial charge in [-0.05, 0) is 29.3 Å². The second-order valence-electron chi connectivity index (χ2n) is 4.06. The first-order valence-electron chi connectivity index (χ1n) is 6.02. The van der Waals surface area contributed by atoms with Gasteiger partial charge in [0.2, 0.25) is 11.2 Å². The molecule has 0 amide bonds. The number of hydrogen-bond acceptors (Lipinski definition) is 6. The molecule has 0 saturated heterocycles. The number of aliphatic hydroxyl groups excluding tert-OH is 1. The first-order valence-corrected chi connectivity index (χ1v) is 6.40. The summed E-state index contributed by atoms with van der Waals surface area (Å²) < 4.78 is 7.14. The molecule has 3 aromatic rings. The first kappa shape index (κ1) is 13.5. The summed E-state index contributed by atoms with van der Waals surface area (Å²) in [4.78, 5) is 16.0. The van der Waals surface area contributed by atoms with Crippen LogP contribution < -0.4 is 4.74 Å². The lowest BCUT2D eigenvalue weighted by Gasteiger charge is -2.07. The fourth-order valence-electron chi connectivity index (χ4n) is 1.67. The van der Waals surface area contributed by atoms with Crippen molar-refractivity contribution in [2.24, 2.45) is 0 Å². The molecule has 7 nitrogen and oxygen atoms in total. The molecule has 0 saturated carbocycles. The summed E-state index contributed by atoms with van der Waals surface area (Å²) in [5.74, 6) is 0.807. The average molecular weight is 304 g/mol. The molecule has 0 unspecified atom stereocenters. The minimum absolute atomic E-state index is 0.0158. The van der Waals surface area contributed by atoms with E-state index in [4.69, 9.17) is 21.4 Å². The second-order valence-corrected chi connectivity index (χ2v) is 4.40. The molecule has 0 aliphatic rings. The Morgan fingerprint density at radius 3 is 2.90 bits per heavy atom. The van der Waals surface area contributed by atoms with Crippen molar-refractivity contribution in [3.8, 4) is 17.7 Å². The zero-order chi connectivity index (χ0) is 14.7. The molecular formula is C13H10ClN5O2. The molecule has 3 rings (SSSR count). The second kappa shape index (κ2) is 5.86. The van der Waals surface area contributed by atoms with Gasteiger partial charge in [0.1, 0.15) is 12.1 Å². The molecule has 2 heterocycles. The van der Waals surface area contributed by atoms with Gasteiger partial charge in [-0.25, -0.2) is 4.98 Å². The lowest BCUT2D eigenvalue weighted by Crippen LogP contribution is -2.03. The van der Waals surface area contributed by atoms with Crippen LogP contribution in [0.5, 0.6) is 11.8 Å². The van der Waals surface area contributed by atoms with E-state index in [9.17, 15) is 0 Å². The maximum atomic E-state index is 9.11. The Balaban J connectivity index is 1.91. The third-order valence-electron chi connectivity index (χ3n) is 2.60. The minimum Gasteiger partial charge on any atom is -0.424 e. The van der Waals surface area contributed by atoms with Crippen molar-refractivity contribution in [3.05, 3.63) is 53.8 Å². The third-order valence-corrected chi connectivity index (χ3v) is 2.77. The van der Waals surface area contributed by atoms with Crippen LogP contribution in [0.2, 0.25) is 5.28 Å². The van der Waals surface area contributed by atoms with Crippen LogP contribution in [0.25, 0.3) is 5.95 Å². The van der Waals surface area contributed by atoms with Gasteiger partial charge < -0.3 is 9.84 Å². The van der Waals surface area contributed by atoms with Crippen LogP contribution in [0, 0.1) is 0 Å². The number of imidazole rings is 1. The Morgan fingerprint density at radius 1 is 1.24 bits per heavy atom. The molecule has 0 aliphatic heterocycles. The summed E-state index contributed by atoms with van der Waals surface area (Å²) in [7, 11) is 0. The largest absolute Gasteiger partial charge is 0.424 e. The van der Waals surface area contributed by atoms with E-state index in [1.165, 1.54) is 0 Å². The highest BCUT2D eigenvalue weighted by molar-refractivity contribution is 6.28. The number of benzene rings is 1. The molecule has 21 heavy (non-hydrogen) atoms. The molecule has 0 fully saturated rings. The SMILES string of the molecule is OCc1cccc(Oc2nc(Cl)nc(-n3ccnc3)n2)c1. The number of hydrogen-bond donors (Lipinski definition) is 1. The van der Waals surface area contributed by atoms with Crippen molar-refractivity contribution in [3.63, 3.8) is 0 Å². The van der Waals surface area contributed by atoms with E-state index in [0.29, 0.717) is 11.7 Å². The maximum Gasteiger partial charge on any atom is 0.328 e. The van der Waals surface area contributed by atoms with E-state index in [1.807, 2.05) is 0 Å². The van der Waals surface area contributed by atoms with Crippen molar-refractivity contribution in [2.75, 3.05) is 0 Å². The highest BCUT2D eigenvalue weighted by Gasteiger charge is 2.09. The van der Waals surface area contributed by atoms with E-state index in [1.54, 1.807) is 47.6 Å². The molecule has 1 N–H and O–H groups in total. The number of halogens is 1. The van der Waals surface area contributed by atoms with Gasteiger partial charge in [0, 0.05) is 12.4 Å². The molecule has 0 radical (unpaired) electrons. The Labute approximate surface area is 124 Å². The van der Waals surface area contributed by atoms with E-state index < -0.39 is 0 Å². The summed E-state index contributed by atoms with van der Waals surface area (Å²) in [6, 6.07) is 7.03. The molecule has 8 heteroatoms. The van der Waals surface area contributed by atoms with Gasteiger partial charge in [-0.3, -0.25) is 4.57 Å². The fourth-order valence-corrected chi connectivity index (χ4v) is 1.82. The average Bonchev–Trinajstić information content (AvgIpc) is 3.01. The summed E-state index contributed by atoms with van der Waals surface area (Å²) >= 11 is 5.88. The van der Waals surface area contributed by atoms with Gasteiger partial charge in [-0.15, -0.1) is 0 Å². The van der Waals surface area contributed by atoms with Crippen LogP contribution in [0.4, 0.5) is 0 Å². The predicted octanol–water partition coefficient (Wildman–Crippen LogP) is 2.00. The summed E-state index contributed by atoms with van der Waals surface area (Å²) in [5.41, 5.74) is 0.725. The molecule has 106 valence electrons. The van der Waals surface area contributed by atoms with Gasteiger partial charge in [0.15, 0.2) is 0 Å². The smallest absolute Gasteiger partial charge is 0.328 e. The van der Waals surface area contributed by atoms with Crippen LogP contribution >= 0.6 is 11.6 Å². The van der Waals surface area contributed by atoms with Crippen molar-refractivity contribution in [1.29, 1.82) is 0 Å². The Bertz CT molecular complexity index is 748. The van der Waals surface area contributed by atoms with Crippen LogP contribution in [0.15, 0.2) is 43.0 Å². The predicted molar refractivity (Wildman–Crippen MR) is 74.4 cm³/mol. The zero-order valence-electron chi connectivity index (χ0n) is 10.7. The molecule has 0 aliphatic carbocycles. The lowest BCUT2D eigenvalue weighted by atomic mass is 10.2. The molecular weight excluding hydrogens is 294 g/mol.